The number of aromatic nitrogens is 1. The number of nitrogens with zero attached hydrogens (tertiary/aromatic N) is 3. The summed E-state index contributed by atoms with van der Waals surface area (Å²) in [6.45, 7) is 3.93. The zero-order valence-electron chi connectivity index (χ0n) is 15.3. The number of carbonyl (C=O) groups is 1. The number of carbonyl (C=O) groups excluding carboxylic acids is 1. The third-order valence-electron chi connectivity index (χ3n) is 3.69. The first kappa shape index (κ1) is 22.1. The van der Waals surface area contributed by atoms with Gasteiger partial charge < -0.3 is 9.64 Å². The molecule has 0 N–H and O–H groups in total. The maximum atomic E-state index is 13.1. The second-order valence-corrected chi connectivity index (χ2v) is 9.39. The number of rotatable bonds is 7. The van der Waals surface area contributed by atoms with Crippen molar-refractivity contribution in [1.82, 2.24) is 9.88 Å². The van der Waals surface area contributed by atoms with Crippen LogP contribution in [0.5, 0.6) is 5.75 Å². The van der Waals surface area contributed by atoms with Crippen LogP contribution >= 0.6 is 51.0 Å². The fraction of sp³-hybridized carbons (Fsp3) is 0.333. The monoisotopic (exact) mass is 489 g/mol. The Bertz CT molecular complexity index is 913. The van der Waals surface area contributed by atoms with Gasteiger partial charge in [-0.05, 0) is 67.3 Å². The number of ether oxygens (including phenoxy) is 1. The van der Waals surface area contributed by atoms with Crippen molar-refractivity contribution in [2.75, 3.05) is 38.7 Å². The minimum atomic E-state index is -0.0216. The van der Waals surface area contributed by atoms with E-state index in [1.807, 2.05) is 51.4 Å². The van der Waals surface area contributed by atoms with Gasteiger partial charge in [-0.3, -0.25) is 9.69 Å². The number of fused-ring (bicyclic) bond motifs is 1. The molecule has 2 heterocycles. The molecule has 5 nitrogen and oxygen atoms in total. The van der Waals surface area contributed by atoms with Crippen molar-refractivity contribution in [2.45, 2.75) is 6.92 Å². The number of thiophene rings is 1. The Labute approximate surface area is 181 Å². The number of benzene rings is 1. The summed E-state index contributed by atoms with van der Waals surface area (Å²) >= 11 is 6.38. The molecular formula is C18H21BrClN3O2S2. The van der Waals surface area contributed by atoms with Crippen LogP contribution in [0, 0.1) is 0 Å². The first-order valence-electron chi connectivity index (χ1n) is 8.23. The Morgan fingerprint density at radius 3 is 2.59 bits per heavy atom. The molecule has 0 aliphatic heterocycles. The highest BCUT2D eigenvalue weighted by Gasteiger charge is 2.22. The summed E-state index contributed by atoms with van der Waals surface area (Å²) in [6.07, 6.45) is 0. The van der Waals surface area contributed by atoms with Crippen LogP contribution in [0.3, 0.4) is 0 Å². The molecule has 146 valence electrons. The number of hydrogen-bond donors (Lipinski definition) is 0. The highest BCUT2D eigenvalue weighted by atomic mass is 79.9. The molecule has 0 unspecified atom stereocenters. The Hall–Kier alpha value is -1.19. The fourth-order valence-corrected chi connectivity index (χ4v) is 4.76. The van der Waals surface area contributed by atoms with Crippen LogP contribution in [0.25, 0.3) is 10.2 Å². The van der Waals surface area contributed by atoms with E-state index in [4.69, 9.17) is 4.74 Å². The molecule has 1 amide bonds. The van der Waals surface area contributed by atoms with Gasteiger partial charge in [0.25, 0.3) is 5.91 Å². The van der Waals surface area contributed by atoms with Gasteiger partial charge in [0.1, 0.15) is 5.75 Å². The summed E-state index contributed by atoms with van der Waals surface area (Å²) in [4.78, 5) is 22.3. The molecule has 0 spiro atoms. The molecule has 0 radical (unpaired) electrons. The van der Waals surface area contributed by atoms with Gasteiger partial charge in [0, 0.05) is 13.1 Å². The second-order valence-electron chi connectivity index (χ2n) is 5.92. The molecule has 0 aliphatic carbocycles. The van der Waals surface area contributed by atoms with Gasteiger partial charge in [-0.1, -0.05) is 11.3 Å². The highest BCUT2D eigenvalue weighted by Crippen LogP contribution is 2.33. The Kier molecular flexibility index (Phi) is 8.05. The SMILES string of the molecule is CCOc1ccc2nc(N(CCN(C)C)C(=O)c3ccc(Br)s3)sc2c1.Cl. The van der Waals surface area contributed by atoms with Crippen LogP contribution in [0.2, 0.25) is 0 Å². The molecular weight excluding hydrogens is 470 g/mol. The minimum absolute atomic E-state index is 0. The first-order chi connectivity index (χ1) is 12.5. The minimum Gasteiger partial charge on any atom is -0.494 e. The predicted molar refractivity (Wildman–Crippen MR) is 120 cm³/mol. The van der Waals surface area contributed by atoms with E-state index in [1.165, 1.54) is 22.7 Å². The maximum absolute atomic E-state index is 13.1. The number of hydrogen-bond acceptors (Lipinski definition) is 6. The van der Waals surface area contributed by atoms with E-state index in [9.17, 15) is 4.79 Å². The van der Waals surface area contributed by atoms with Crippen LogP contribution in [0.15, 0.2) is 34.1 Å². The average Bonchev–Trinajstić information content (AvgIpc) is 3.20. The van der Waals surface area contributed by atoms with Crippen molar-refractivity contribution >= 4 is 72.3 Å². The van der Waals surface area contributed by atoms with E-state index >= 15 is 0 Å². The number of likely N-dealkylation sites (N-methyl/N-ethyl adjacent to an activating group) is 1. The second kappa shape index (κ2) is 9.84. The van der Waals surface area contributed by atoms with E-state index in [0.29, 0.717) is 23.2 Å². The van der Waals surface area contributed by atoms with E-state index in [0.717, 1.165) is 26.3 Å². The van der Waals surface area contributed by atoms with Crippen molar-refractivity contribution < 1.29 is 9.53 Å². The predicted octanol–water partition coefficient (Wildman–Crippen LogP) is 5.15. The lowest BCUT2D eigenvalue weighted by molar-refractivity contribution is 0.0989. The fourth-order valence-electron chi connectivity index (χ4n) is 2.41. The smallest absolute Gasteiger partial charge is 0.270 e. The van der Waals surface area contributed by atoms with Gasteiger partial charge in [-0.25, -0.2) is 4.98 Å². The van der Waals surface area contributed by atoms with Gasteiger partial charge in [-0.15, -0.1) is 23.7 Å². The third kappa shape index (κ3) is 5.42. The van der Waals surface area contributed by atoms with Crippen molar-refractivity contribution in [2.24, 2.45) is 0 Å². The molecule has 1 aromatic carbocycles. The van der Waals surface area contributed by atoms with Crippen molar-refractivity contribution in [1.29, 1.82) is 0 Å². The molecule has 0 saturated carbocycles. The zero-order valence-corrected chi connectivity index (χ0v) is 19.3. The van der Waals surface area contributed by atoms with Crippen molar-refractivity contribution in [3.63, 3.8) is 0 Å². The lowest BCUT2D eigenvalue weighted by Crippen LogP contribution is -2.36. The number of halogens is 2. The van der Waals surface area contributed by atoms with Gasteiger partial charge in [0.15, 0.2) is 5.13 Å². The van der Waals surface area contributed by atoms with E-state index in [-0.39, 0.29) is 18.3 Å². The largest absolute Gasteiger partial charge is 0.494 e. The van der Waals surface area contributed by atoms with E-state index in [1.54, 1.807) is 4.90 Å². The molecule has 27 heavy (non-hydrogen) atoms. The number of thiazole rings is 1. The van der Waals surface area contributed by atoms with Crippen LogP contribution in [0.1, 0.15) is 16.6 Å². The van der Waals surface area contributed by atoms with Crippen molar-refractivity contribution in [3.8, 4) is 5.75 Å². The lowest BCUT2D eigenvalue weighted by atomic mass is 10.3. The zero-order chi connectivity index (χ0) is 18.7. The van der Waals surface area contributed by atoms with Gasteiger partial charge in [-0.2, -0.15) is 0 Å². The highest BCUT2D eigenvalue weighted by molar-refractivity contribution is 9.11. The molecule has 2 aromatic heterocycles. The molecule has 0 aliphatic rings. The van der Waals surface area contributed by atoms with Crippen LogP contribution in [0.4, 0.5) is 5.13 Å². The molecule has 3 aromatic rings. The molecule has 0 saturated heterocycles. The van der Waals surface area contributed by atoms with E-state index in [2.05, 4.69) is 25.8 Å². The number of anilines is 1. The lowest BCUT2D eigenvalue weighted by Gasteiger charge is -2.21. The quantitative estimate of drug-likeness (QED) is 0.459. The molecule has 9 heteroatoms. The normalized spacial score (nSPS) is 10.9. The van der Waals surface area contributed by atoms with Gasteiger partial charge in [0.05, 0.1) is 25.5 Å². The van der Waals surface area contributed by atoms with E-state index < -0.39 is 0 Å². The molecule has 0 atom stereocenters. The van der Waals surface area contributed by atoms with Crippen LogP contribution in [-0.2, 0) is 0 Å². The van der Waals surface area contributed by atoms with Gasteiger partial charge >= 0.3 is 0 Å². The number of amides is 1. The Morgan fingerprint density at radius 1 is 1.19 bits per heavy atom. The topological polar surface area (TPSA) is 45.7 Å². The van der Waals surface area contributed by atoms with Gasteiger partial charge in [0.2, 0.25) is 0 Å². The standard InChI is InChI=1S/C18H20BrN3O2S2.ClH/c1-4-24-12-5-6-13-15(11-12)26-18(20-13)22(10-9-21(2)3)17(23)14-7-8-16(19)25-14;/h5-8,11H,4,9-10H2,1-3H3;1H. The molecule has 3 rings (SSSR count). The first-order valence-corrected chi connectivity index (χ1v) is 10.7. The Balaban J connectivity index is 0.00000261. The average molecular weight is 491 g/mol. The van der Waals surface area contributed by atoms with Crippen LogP contribution in [-0.4, -0.2) is 49.6 Å². The summed E-state index contributed by atoms with van der Waals surface area (Å²) in [6, 6.07) is 9.58. The summed E-state index contributed by atoms with van der Waals surface area (Å²) in [5.41, 5.74) is 0.878. The van der Waals surface area contributed by atoms with Crippen LogP contribution < -0.4 is 9.64 Å². The summed E-state index contributed by atoms with van der Waals surface area (Å²) < 4.78 is 7.53. The van der Waals surface area contributed by atoms with Crippen molar-refractivity contribution in [3.05, 3.63) is 39.0 Å². The Morgan fingerprint density at radius 2 is 1.96 bits per heavy atom. The summed E-state index contributed by atoms with van der Waals surface area (Å²) in [7, 11) is 3.99. The molecule has 0 bridgehead atoms. The molecule has 0 fully saturated rings. The maximum Gasteiger partial charge on any atom is 0.270 e. The summed E-state index contributed by atoms with van der Waals surface area (Å²) in [5.74, 6) is 0.801. The third-order valence-corrected chi connectivity index (χ3v) is 6.34. The summed E-state index contributed by atoms with van der Waals surface area (Å²) in [5, 5.41) is 0.713.